The van der Waals surface area contributed by atoms with Gasteiger partial charge >= 0.3 is 17.9 Å². The summed E-state index contributed by atoms with van der Waals surface area (Å²) in [6.07, 6.45) is -9.92. The summed E-state index contributed by atoms with van der Waals surface area (Å²) in [5.41, 5.74) is -4.17. The first-order valence-electron chi connectivity index (χ1n) is 6.87. The Kier molecular flexibility index (Phi) is 5.01. The van der Waals surface area contributed by atoms with Crippen LogP contribution in [0.5, 0.6) is 5.75 Å². The van der Waals surface area contributed by atoms with Crippen LogP contribution in [-0.2, 0) is 18.9 Å². The highest BCUT2D eigenvalue weighted by molar-refractivity contribution is 5.42. The van der Waals surface area contributed by atoms with E-state index in [0.717, 1.165) is 6.07 Å². The third-order valence-electron chi connectivity index (χ3n) is 3.30. The summed E-state index contributed by atoms with van der Waals surface area (Å²) in [6, 6.07) is 3.31. The molecular formula is C15H11F6N3O2. The zero-order chi connectivity index (χ0) is 19.7. The molecule has 1 heterocycles. The van der Waals surface area contributed by atoms with E-state index in [0.29, 0.717) is 16.8 Å². The quantitative estimate of drug-likeness (QED) is 0.629. The van der Waals surface area contributed by atoms with Gasteiger partial charge in [0.05, 0.1) is 11.1 Å². The van der Waals surface area contributed by atoms with Crippen LogP contribution < -0.4 is 10.9 Å². The van der Waals surface area contributed by atoms with Gasteiger partial charge in [0.15, 0.2) is 5.75 Å². The van der Waals surface area contributed by atoms with Crippen molar-refractivity contribution in [1.82, 2.24) is 4.68 Å². The van der Waals surface area contributed by atoms with Gasteiger partial charge in [0.1, 0.15) is 5.82 Å². The number of halogens is 6. The predicted octanol–water partition coefficient (Wildman–Crippen LogP) is 3.67. The number of rotatable bonds is 4. The van der Waals surface area contributed by atoms with E-state index in [4.69, 9.17) is 0 Å². The molecule has 0 fully saturated rings. The lowest BCUT2D eigenvalue weighted by Gasteiger charge is -2.15. The first kappa shape index (κ1) is 19.3. The summed E-state index contributed by atoms with van der Waals surface area (Å²) in [4.78, 5) is 11.6. The van der Waals surface area contributed by atoms with Gasteiger partial charge in [-0.1, -0.05) is 0 Å². The van der Waals surface area contributed by atoms with E-state index in [9.17, 15) is 36.2 Å². The zero-order valence-corrected chi connectivity index (χ0v) is 12.8. The summed E-state index contributed by atoms with van der Waals surface area (Å²) in [5.74, 6) is -0.727. The molecule has 5 nitrogen and oxygen atoms in total. The summed E-state index contributed by atoms with van der Waals surface area (Å²) in [6.45, 7) is 2.64. The third-order valence-corrected chi connectivity index (χ3v) is 3.30. The number of aromatic hydroxyl groups is 1. The van der Waals surface area contributed by atoms with E-state index in [-0.39, 0.29) is 17.4 Å². The third kappa shape index (κ3) is 4.16. The lowest BCUT2D eigenvalue weighted by molar-refractivity contribution is -0.143. The second-order valence-corrected chi connectivity index (χ2v) is 5.13. The lowest BCUT2D eigenvalue weighted by atomic mass is 10.0. The fourth-order valence-electron chi connectivity index (χ4n) is 2.11. The maximum absolute atomic E-state index is 12.8. The SMILES string of the molecule is C=Nn1c(NCc2cc(C(F)(F)F)cc(C(F)(F)F)c2)ccc(O)c1=O. The van der Waals surface area contributed by atoms with Crippen LogP contribution in [0.25, 0.3) is 0 Å². The number of nitrogens with zero attached hydrogens (tertiary/aromatic N) is 2. The Bertz CT molecular complexity index is 854. The van der Waals surface area contributed by atoms with Gasteiger partial charge in [0.2, 0.25) is 0 Å². The highest BCUT2D eigenvalue weighted by Gasteiger charge is 2.36. The Morgan fingerprint density at radius 1 is 1.04 bits per heavy atom. The van der Waals surface area contributed by atoms with E-state index in [1.807, 2.05) is 0 Å². The molecule has 0 saturated carbocycles. The smallest absolute Gasteiger partial charge is 0.416 e. The number of hydrogen-bond acceptors (Lipinski definition) is 4. The van der Waals surface area contributed by atoms with Crippen molar-refractivity contribution in [3.05, 3.63) is 57.4 Å². The summed E-state index contributed by atoms with van der Waals surface area (Å²) in [5, 5.41) is 15.1. The first-order chi connectivity index (χ1) is 11.9. The van der Waals surface area contributed by atoms with Crippen molar-refractivity contribution in [2.75, 3.05) is 5.32 Å². The van der Waals surface area contributed by atoms with Crippen LogP contribution in [0, 0.1) is 0 Å². The minimum Gasteiger partial charge on any atom is -0.503 e. The van der Waals surface area contributed by atoms with Gasteiger partial charge in [0, 0.05) is 13.3 Å². The predicted molar refractivity (Wildman–Crippen MR) is 81.1 cm³/mol. The molecule has 1 aromatic carbocycles. The summed E-state index contributed by atoms with van der Waals surface area (Å²) in [7, 11) is 0. The molecule has 0 aliphatic heterocycles. The van der Waals surface area contributed by atoms with E-state index in [1.165, 1.54) is 6.07 Å². The molecule has 0 atom stereocenters. The monoisotopic (exact) mass is 379 g/mol. The standard InChI is InChI=1S/C15H11F6N3O2/c1-22-24-12(3-2-11(25)13(24)26)23-7-8-4-9(14(16,17)18)6-10(5-8)15(19,20)21/h2-6,23,25H,1,7H2. The minimum atomic E-state index is -4.96. The molecule has 11 heteroatoms. The van der Waals surface area contributed by atoms with Crippen molar-refractivity contribution in [3.63, 3.8) is 0 Å². The lowest BCUT2D eigenvalue weighted by Crippen LogP contribution is -2.19. The van der Waals surface area contributed by atoms with Crippen molar-refractivity contribution in [2.45, 2.75) is 18.9 Å². The van der Waals surface area contributed by atoms with Crippen molar-refractivity contribution >= 4 is 12.5 Å². The number of pyridine rings is 1. The molecule has 0 bridgehead atoms. The fraction of sp³-hybridized carbons (Fsp3) is 0.200. The normalized spacial score (nSPS) is 12.1. The van der Waals surface area contributed by atoms with Crippen LogP contribution in [0.15, 0.2) is 40.2 Å². The number of nitrogens with one attached hydrogen (secondary N) is 1. The maximum atomic E-state index is 12.8. The molecule has 0 spiro atoms. The van der Waals surface area contributed by atoms with Crippen LogP contribution in [0.2, 0.25) is 0 Å². The van der Waals surface area contributed by atoms with Crippen LogP contribution in [0.1, 0.15) is 16.7 Å². The average molecular weight is 379 g/mol. The molecule has 0 saturated heterocycles. The Morgan fingerprint density at radius 2 is 1.58 bits per heavy atom. The second kappa shape index (κ2) is 6.73. The van der Waals surface area contributed by atoms with Crippen LogP contribution in [-0.4, -0.2) is 16.5 Å². The number of benzene rings is 1. The highest BCUT2D eigenvalue weighted by Crippen LogP contribution is 2.36. The van der Waals surface area contributed by atoms with Crippen LogP contribution in [0.3, 0.4) is 0 Å². The average Bonchev–Trinajstić information content (AvgIpc) is 2.54. The van der Waals surface area contributed by atoms with Gasteiger partial charge in [-0.3, -0.25) is 4.79 Å². The fourth-order valence-corrected chi connectivity index (χ4v) is 2.11. The van der Waals surface area contributed by atoms with E-state index in [1.54, 1.807) is 0 Å². The topological polar surface area (TPSA) is 66.6 Å². The second-order valence-electron chi connectivity index (χ2n) is 5.13. The Morgan fingerprint density at radius 3 is 2.04 bits per heavy atom. The molecule has 2 N–H and O–H groups in total. The van der Waals surface area contributed by atoms with Crippen molar-refractivity contribution < 1.29 is 31.4 Å². The molecule has 2 rings (SSSR count). The molecule has 0 aliphatic rings. The van der Waals surface area contributed by atoms with Crippen molar-refractivity contribution in [1.29, 1.82) is 0 Å². The molecule has 0 aliphatic carbocycles. The van der Waals surface area contributed by atoms with E-state index >= 15 is 0 Å². The number of aromatic nitrogens is 1. The van der Waals surface area contributed by atoms with Gasteiger partial charge in [-0.05, 0) is 35.9 Å². The molecule has 1 aromatic heterocycles. The zero-order valence-electron chi connectivity index (χ0n) is 12.8. The molecule has 0 amide bonds. The van der Waals surface area contributed by atoms with Crippen LogP contribution in [0.4, 0.5) is 32.2 Å². The van der Waals surface area contributed by atoms with Crippen molar-refractivity contribution in [3.8, 4) is 5.75 Å². The molecule has 0 radical (unpaired) electrons. The first-order valence-corrected chi connectivity index (χ1v) is 6.87. The number of anilines is 1. The molecular weight excluding hydrogens is 368 g/mol. The highest BCUT2D eigenvalue weighted by atomic mass is 19.4. The Hall–Kier alpha value is -2.98. The Balaban J connectivity index is 2.40. The molecule has 140 valence electrons. The summed E-state index contributed by atoms with van der Waals surface area (Å²) < 4.78 is 77.6. The Labute approximate surface area is 142 Å². The number of alkyl halides is 6. The number of hydrogen-bond donors (Lipinski definition) is 2. The van der Waals surface area contributed by atoms with Crippen LogP contribution >= 0.6 is 0 Å². The van der Waals surface area contributed by atoms with E-state index < -0.39 is 41.3 Å². The van der Waals surface area contributed by atoms with Gasteiger partial charge in [-0.2, -0.15) is 36.1 Å². The van der Waals surface area contributed by atoms with Gasteiger partial charge < -0.3 is 10.4 Å². The van der Waals surface area contributed by atoms with Gasteiger partial charge in [0.25, 0.3) is 0 Å². The summed E-state index contributed by atoms with van der Waals surface area (Å²) >= 11 is 0. The van der Waals surface area contributed by atoms with Gasteiger partial charge in [-0.25, -0.2) is 0 Å². The molecule has 2 aromatic rings. The minimum absolute atomic E-state index is 0.0191. The largest absolute Gasteiger partial charge is 0.503 e. The maximum Gasteiger partial charge on any atom is 0.416 e. The van der Waals surface area contributed by atoms with Crippen molar-refractivity contribution in [2.24, 2.45) is 5.10 Å². The molecule has 0 unspecified atom stereocenters. The van der Waals surface area contributed by atoms with E-state index in [2.05, 4.69) is 17.1 Å². The van der Waals surface area contributed by atoms with Gasteiger partial charge in [-0.15, -0.1) is 0 Å². The molecule has 26 heavy (non-hydrogen) atoms.